The molecule has 5 nitrogen and oxygen atoms in total. The Kier molecular flexibility index (Phi) is 7.14. The summed E-state index contributed by atoms with van der Waals surface area (Å²) in [5.41, 5.74) is 0. The molecule has 0 aromatic carbocycles. The fraction of sp³-hybridized carbons (Fsp3) is 0.889. The third kappa shape index (κ3) is 5.77. The fourth-order valence-electron chi connectivity index (χ4n) is 0.865. The lowest BCUT2D eigenvalue weighted by atomic mass is 10.2. The maximum atomic E-state index is 11.3. The first-order valence-corrected chi connectivity index (χ1v) is 4.75. The first-order valence-electron chi connectivity index (χ1n) is 4.75. The summed E-state index contributed by atoms with van der Waals surface area (Å²) in [6, 6.07) is 0. The van der Waals surface area contributed by atoms with E-state index in [1.54, 1.807) is 0 Å². The molecule has 0 aliphatic carbocycles. The number of hydrogen-bond acceptors (Lipinski definition) is 4. The summed E-state index contributed by atoms with van der Waals surface area (Å²) < 4.78 is 4.94. The van der Waals surface area contributed by atoms with Crippen molar-refractivity contribution in [3.63, 3.8) is 0 Å². The molecule has 0 heterocycles. The molecular weight excluding hydrogens is 186 g/mol. The zero-order chi connectivity index (χ0) is 11.0. The summed E-state index contributed by atoms with van der Waals surface area (Å²) in [5, 5.41) is 17.3. The topological polar surface area (TPSA) is 70.0 Å². The van der Waals surface area contributed by atoms with Gasteiger partial charge in [0.15, 0.2) is 0 Å². The van der Waals surface area contributed by atoms with Crippen LogP contribution >= 0.6 is 0 Å². The number of rotatable bonds is 6. The Balaban J connectivity index is 3.88. The van der Waals surface area contributed by atoms with Crippen molar-refractivity contribution in [2.24, 2.45) is 5.92 Å². The first kappa shape index (κ1) is 13.2. The number of amides is 1. The maximum Gasteiger partial charge on any atom is 0.409 e. The van der Waals surface area contributed by atoms with Gasteiger partial charge in [-0.15, -0.1) is 0 Å². The lowest BCUT2D eigenvalue weighted by Crippen LogP contribution is -2.36. The molecule has 0 atom stereocenters. The Hall–Kier alpha value is -0.810. The van der Waals surface area contributed by atoms with Gasteiger partial charge in [0.05, 0.1) is 19.8 Å². The predicted molar refractivity (Wildman–Crippen MR) is 51.9 cm³/mol. The number of nitrogens with zero attached hydrogens (tertiary/aromatic N) is 1. The van der Waals surface area contributed by atoms with Crippen molar-refractivity contribution in [2.45, 2.75) is 13.8 Å². The Bertz CT molecular complexity index is 155. The minimum absolute atomic E-state index is 0.128. The van der Waals surface area contributed by atoms with E-state index >= 15 is 0 Å². The van der Waals surface area contributed by atoms with Gasteiger partial charge in [-0.25, -0.2) is 4.79 Å². The quantitative estimate of drug-likeness (QED) is 0.643. The van der Waals surface area contributed by atoms with Crippen molar-refractivity contribution in [3.8, 4) is 0 Å². The maximum absolute atomic E-state index is 11.3. The summed E-state index contributed by atoms with van der Waals surface area (Å²) >= 11 is 0. The highest BCUT2D eigenvalue weighted by Crippen LogP contribution is 1.98. The smallest absolute Gasteiger partial charge is 0.409 e. The van der Waals surface area contributed by atoms with E-state index in [0.717, 1.165) is 0 Å². The standard InChI is InChI=1S/C9H19NO4/c1-8(2)7-14-9(13)10(3-5-11)4-6-12/h8,11-12H,3-7H2,1-2H3. The van der Waals surface area contributed by atoms with Gasteiger partial charge < -0.3 is 19.8 Å². The Morgan fingerprint density at radius 3 is 2.14 bits per heavy atom. The van der Waals surface area contributed by atoms with Crippen LogP contribution in [0.25, 0.3) is 0 Å². The number of hydrogen-bond donors (Lipinski definition) is 2. The van der Waals surface area contributed by atoms with Gasteiger partial charge in [0.25, 0.3) is 0 Å². The van der Waals surface area contributed by atoms with Gasteiger partial charge in [-0.05, 0) is 5.92 Å². The van der Waals surface area contributed by atoms with Crippen LogP contribution in [0.15, 0.2) is 0 Å². The molecule has 0 aliphatic rings. The number of aliphatic hydroxyl groups excluding tert-OH is 2. The van der Waals surface area contributed by atoms with E-state index in [4.69, 9.17) is 14.9 Å². The molecule has 0 saturated heterocycles. The summed E-state index contributed by atoms with van der Waals surface area (Å²) in [5.74, 6) is 0.282. The van der Waals surface area contributed by atoms with Crippen LogP contribution in [0.5, 0.6) is 0 Å². The van der Waals surface area contributed by atoms with Gasteiger partial charge in [0.2, 0.25) is 0 Å². The van der Waals surface area contributed by atoms with Crippen LogP contribution < -0.4 is 0 Å². The summed E-state index contributed by atoms with van der Waals surface area (Å²) in [6.07, 6.45) is -0.484. The molecule has 0 rings (SSSR count). The lowest BCUT2D eigenvalue weighted by Gasteiger charge is -2.20. The minimum Gasteiger partial charge on any atom is -0.449 e. The van der Waals surface area contributed by atoms with E-state index in [1.165, 1.54) is 4.90 Å². The summed E-state index contributed by atoms with van der Waals surface area (Å²) in [7, 11) is 0. The SMILES string of the molecule is CC(C)COC(=O)N(CCO)CCO. The third-order valence-corrected chi connectivity index (χ3v) is 1.54. The molecule has 0 spiro atoms. The van der Waals surface area contributed by atoms with Crippen LogP contribution in [0.4, 0.5) is 4.79 Å². The van der Waals surface area contributed by atoms with Gasteiger partial charge >= 0.3 is 6.09 Å². The number of aliphatic hydroxyl groups is 2. The Morgan fingerprint density at radius 1 is 1.29 bits per heavy atom. The lowest BCUT2D eigenvalue weighted by molar-refractivity contribution is 0.0778. The average Bonchev–Trinajstić information content (AvgIpc) is 2.14. The molecule has 84 valence electrons. The van der Waals surface area contributed by atoms with Crippen LogP contribution in [-0.4, -0.2) is 54.1 Å². The molecule has 0 aliphatic heterocycles. The predicted octanol–water partition coefficient (Wildman–Crippen LogP) is 0.0656. The number of carbonyl (C=O) groups is 1. The first-order chi connectivity index (χ1) is 6.61. The third-order valence-electron chi connectivity index (χ3n) is 1.54. The Labute approximate surface area is 84.3 Å². The van der Waals surface area contributed by atoms with Crippen LogP contribution in [0.2, 0.25) is 0 Å². The van der Waals surface area contributed by atoms with E-state index in [1.807, 2.05) is 13.8 Å². The summed E-state index contributed by atoms with van der Waals surface area (Å²) in [6.45, 7) is 4.36. The molecule has 0 bridgehead atoms. The molecule has 0 unspecified atom stereocenters. The molecule has 2 N–H and O–H groups in total. The van der Waals surface area contributed by atoms with Gasteiger partial charge in [0.1, 0.15) is 0 Å². The van der Waals surface area contributed by atoms with Crippen LogP contribution in [0.3, 0.4) is 0 Å². The largest absolute Gasteiger partial charge is 0.449 e. The van der Waals surface area contributed by atoms with Crippen LogP contribution in [0, 0.1) is 5.92 Å². The van der Waals surface area contributed by atoms with Crippen molar-refractivity contribution < 1.29 is 19.7 Å². The molecule has 1 amide bonds. The van der Waals surface area contributed by atoms with Gasteiger partial charge in [-0.3, -0.25) is 0 Å². The van der Waals surface area contributed by atoms with Gasteiger partial charge in [-0.1, -0.05) is 13.8 Å². The molecule has 0 radical (unpaired) electrons. The molecule has 0 aromatic heterocycles. The number of ether oxygens (including phenoxy) is 1. The summed E-state index contributed by atoms with van der Waals surface area (Å²) in [4.78, 5) is 12.6. The highest BCUT2D eigenvalue weighted by atomic mass is 16.6. The average molecular weight is 205 g/mol. The zero-order valence-electron chi connectivity index (χ0n) is 8.77. The van der Waals surface area contributed by atoms with E-state index < -0.39 is 6.09 Å². The van der Waals surface area contributed by atoms with Gasteiger partial charge in [-0.2, -0.15) is 0 Å². The van der Waals surface area contributed by atoms with Gasteiger partial charge in [0, 0.05) is 13.1 Å². The fourth-order valence-corrected chi connectivity index (χ4v) is 0.865. The second-order valence-corrected chi connectivity index (χ2v) is 3.41. The van der Waals surface area contributed by atoms with Crippen molar-refractivity contribution in [2.75, 3.05) is 32.9 Å². The van der Waals surface area contributed by atoms with E-state index in [-0.39, 0.29) is 32.2 Å². The molecule has 0 aromatic rings. The molecular formula is C9H19NO4. The van der Waals surface area contributed by atoms with E-state index in [2.05, 4.69) is 0 Å². The molecule has 0 fully saturated rings. The highest BCUT2D eigenvalue weighted by Gasteiger charge is 2.13. The second kappa shape index (κ2) is 7.58. The minimum atomic E-state index is -0.484. The van der Waals surface area contributed by atoms with E-state index in [0.29, 0.717) is 6.61 Å². The molecule has 0 saturated carbocycles. The van der Waals surface area contributed by atoms with Crippen molar-refractivity contribution in [1.29, 1.82) is 0 Å². The van der Waals surface area contributed by atoms with Crippen molar-refractivity contribution >= 4 is 6.09 Å². The molecule has 5 heteroatoms. The Morgan fingerprint density at radius 2 is 1.79 bits per heavy atom. The highest BCUT2D eigenvalue weighted by molar-refractivity contribution is 5.67. The van der Waals surface area contributed by atoms with Crippen LogP contribution in [0.1, 0.15) is 13.8 Å². The zero-order valence-corrected chi connectivity index (χ0v) is 8.77. The second-order valence-electron chi connectivity index (χ2n) is 3.41. The monoisotopic (exact) mass is 205 g/mol. The van der Waals surface area contributed by atoms with Crippen molar-refractivity contribution in [3.05, 3.63) is 0 Å². The molecule has 14 heavy (non-hydrogen) atoms. The normalized spacial score (nSPS) is 10.4. The van der Waals surface area contributed by atoms with E-state index in [9.17, 15) is 4.79 Å². The van der Waals surface area contributed by atoms with Crippen LogP contribution in [-0.2, 0) is 4.74 Å². The van der Waals surface area contributed by atoms with Crippen molar-refractivity contribution in [1.82, 2.24) is 4.90 Å². The number of carbonyl (C=O) groups excluding carboxylic acids is 1.